The van der Waals surface area contributed by atoms with E-state index in [9.17, 15) is 13.6 Å². The molecule has 1 amide bonds. The van der Waals surface area contributed by atoms with Gasteiger partial charge in [0.1, 0.15) is 0 Å². The highest BCUT2D eigenvalue weighted by Crippen LogP contribution is 2.41. The van der Waals surface area contributed by atoms with Gasteiger partial charge in [-0.15, -0.1) is 0 Å². The number of anilines is 1. The Bertz CT molecular complexity index is 963. The molecule has 0 aliphatic heterocycles. The number of carbonyl (C=O) groups excluding carboxylic acids is 1. The summed E-state index contributed by atoms with van der Waals surface area (Å²) in [4.78, 5) is 19.0. The van der Waals surface area contributed by atoms with Crippen LogP contribution in [0.3, 0.4) is 0 Å². The number of carbonyl (C=O) groups is 1. The number of hydrogen-bond acceptors (Lipinski definition) is 3. The van der Waals surface area contributed by atoms with E-state index in [1.165, 1.54) is 6.07 Å². The standard InChI is InChI=1S/C15H7Cl4F2N3OS/c16-5-1-6(17)13(19)14(12(5)18)24-11(25)4-26-15-22-9-2-7(20)8(21)3-10(9)23-15/h1-3H,4H2,(H,22,23)(H,24,25). The van der Waals surface area contributed by atoms with Gasteiger partial charge in [-0.1, -0.05) is 58.2 Å². The van der Waals surface area contributed by atoms with Crippen molar-refractivity contribution in [2.45, 2.75) is 5.16 Å². The van der Waals surface area contributed by atoms with Crippen LogP contribution in [0.5, 0.6) is 0 Å². The minimum atomic E-state index is -1.000. The fourth-order valence-corrected chi connectivity index (χ4v) is 3.63. The van der Waals surface area contributed by atoms with Gasteiger partial charge in [-0.2, -0.15) is 0 Å². The maximum atomic E-state index is 13.2. The number of nitrogens with one attached hydrogen (secondary N) is 2. The van der Waals surface area contributed by atoms with Gasteiger partial charge in [-0.05, 0) is 6.07 Å². The van der Waals surface area contributed by atoms with Gasteiger partial charge in [0.15, 0.2) is 16.8 Å². The molecule has 26 heavy (non-hydrogen) atoms. The molecule has 1 heterocycles. The van der Waals surface area contributed by atoms with Crippen LogP contribution in [0.15, 0.2) is 23.4 Å². The first kappa shape index (κ1) is 19.5. The molecular formula is C15H7Cl4F2N3OS. The van der Waals surface area contributed by atoms with Crippen LogP contribution < -0.4 is 5.32 Å². The van der Waals surface area contributed by atoms with E-state index >= 15 is 0 Å². The van der Waals surface area contributed by atoms with E-state index in [0.29, 0.717) is 10.7 Å². The second-order valence-electron chi connectivity index (χ2n) is 5.01. The smallest absolute Gasteiger partial charge is 0.234 e. The molecule has 0 saturated carbocycles. The summed E-state index contributed by atoms with van der Waals surface area (Å²) in [5.41, 5.74) is 0.671. The fourth-order valence-electron chi connectivity index (χ4n) is 2.04. The maximum Gasteiger partial charge on any atom is 0.234 e. The molecule has 0 spiro atoms. The lowest BCUT2D eigenvalue weighted by Gasteiger charge is -2.11. The number of rotatable bonds is 4. The highest BCUT2D eigenvalue weighted by atomic mass is 35.5. The quantitative estimate of drug-likeness (QED) is 0.363. The molecule has 3 aromatic rings. The third-order valence-corrected chi connectivity index (χ3v) is 5.67. The summed E-state index contributed by atoms with van der Waals surface area (Å²) >= 11 is 24.9. The van der Waals surface area contributed by atoms with Gasteiger partial charge in [0.05, 0.1) is 42.6 Å². The predicted molar refractivity (Wildman–Crippen MR) is 102 cm³/mol. The number of fused-ring (bicyclic) bond motifs is 1. The number of benzene rings is 2. The molecule has 0 atom stereocenters. The van der Waals surface area contributed by atoms with Crippen molar-refractivity contribution >= 4 is 80.8 Å². The molecular weight excluding hydrogens is 450 g/mol. The molecule has 0 unspecified atom stereocenters. The van der Waals surface area contributed by atoms with Gasteiger partial charge >= 0.3 is 0 Å². The number of halogens is 6. The molecule has 136 valence electrons. The summed E-state index contributed by atoms with van der Waals surface area (Å²) in [6, 6.07) is 3.33. The van der Waals surface area contributed by atoms with Crippen molar-refractivity contribution in [1.82, 2.24) is 9.97 Å². The highest BCUT2D eigenvalue weighted by molar-refractivity contribution is 7.99. The summed E-state index contributed by atoms with van der Waals surface area (Å²) < 4.78 is 26.4. The van der Waals surface area contributed by atoms with Crippen molar-refractivity contribution in [3.05, 3.63) is 49.9 Å². The van der Waals surface area contributed by atoms with Crippen molar-refractivity contribution in [2.24, 2.45) is 0 Å². The number of amides is 1. The monoisotopic (exact) mass is 455 g/mol. The van der Waals surface area contributed by atoms with E-state index in [2.05, 4.69) is 15.3 Å². The summed E-state index contributed by atoms with van der Waals surface area (Å²) in [7, 11) is 0. The summed E-state index contributed by atoms with van der Waals surface area (Å²) in [5, 5.41) is 3.26. The van der Waals surface area contributed by atoms with Crippen LogP contribution in [-0.2, 0) is 4.79 Å². The molecule has 0 saturated heterocycles. The third kappa shape index (κ3) is 4.02. The van der Waals surface area contributed by atoms with Crippen LogP contribution in [0.25, 0.3) is 11.0 Å². The second-order valence-corrected chi connectivity index (χ2v) is 7.54. The predicted octanol–water partition coefficient (Wildman–Crippen LogP) is 6.19. The van der Waals surface area contributed by atoms with E-state index in [4.69, 9.17) is 46.4 Å². The number of hydrogen-bond donors (Lipinski definition) is 2. The summed E-state index contributed by atoms with van der Waals surface area (Å²) in [6.45, 7) is 0. The SMILES string of the molecule is O=C(CSc1nc2cc(F)c(F)cc2[nH]1)Nc1c(Cl)c(Cl)cc(Cl)c1Cl. The lowest BCUT2D eigenvalue weighted by atomic mass is 10.3. The molecule has 3 rings (SSSR count). The van der Waals surface area contributed by atoms with Crippen LogP contribution >= 0.6 is 58.2 Å². The minimum absolute atomic E-state index is 0.0640. The zero-order chi connectivity index (χ0) is 19.0. The Morgan fingerprint density at radius 3 is 2.35 bits per heavy atom. The molecule has 0 aliphatic rings. The van der Waals surface area contributed by atoms with Crippen molar-refractivity contribution in [2.75, 3.05) is 11.1 Å². The van der Waals surface area contributed by atoms with Gasteiger partial charge in [-0.25, -0.2) is 13.8 Å². The van der Waals surface area contributed by atoms with Crippen molar-refractivity contribution in [1.29, 1.82) is 0 Å². The average Bonchev–Trinajstić information content (AvgIpc) is 2.97. The maximum absolute atomic E-state index is 13.2. The Kier molecular flexibility index (Phi) is 5.84. The van der Waals surface area contributed by atoms with E-state index in [1.807, 2.05) is 0 Å². The first-order chi connectivity index (χ1) is 12.3. The zero-order valence-electron chi connectivity index (χ0n) is 12.5. The van der Waals surface area contributed by atoms with Gasteiger partial charge in [0.25, 0.3) is 0 Å². The van der Waals surface area contributed by atoms with Crippen LogP contribution in [0.2, 0.25) is 20.1 Å². The van der Waals surface area contributed by atoms with Gasteiger partial charge in [0, 0.05) is 12.1 Å². The number of thioether (sulfide) groups is 1. The van der Waals surface area contributed by atoms with Gasteiger partial charge in [0.2, 0.25) is 5.91 Å². The first-order valence-corrected chi connectivity index (χ1v) is 9.36. The number of H-pyrrole nitrogens is 1. The second kappa shape index (κ2) is 7.78. The molecule has 0 aliphatic carbocycles. The summed E-state index contributed by atoms with van der Waals surface area (Å²) in [5.74, 6) is -2.50. The van der Waals surface area contributed by atoms with Gasteiger partial charge in [-0.3, -0.25) is 4.79 Å². The first-order valence-electron chi connectivity index (χ1n) is 6.86. The Labute approximate surface area is 170 Å². The largest absolute Gasteiger partial charge is 0.333 e. The Morgan fingerprint density at radius 1 is 1.08 bits per heavy atom. The lowest BCUT2D eigenvalue weighted by molar-refractivity contribution is -0.113. The molecule has 2 N–H and O–H groups in total. The number of aromatic amines is 1. The average molecular weight is 457 g/mol. The molecule has 1 aromatic heterocycles. The molecule has 0 radical (unpaired) electrons. The Morgan fingerprint density at radius 2 is 1.69 bits per heavy atom. The Hall–Kier alpha value is -1.25. The highest BCUT2D eigenvalue weighted by Gasteiger charge is 2.17. The van der Waals surface area contributed by atoms with E-state index in [-0.39, 0.29) is 37.0 Å². The van der Waals surface area contributed by atoms with E-state index < -0.39 is 17.5 Å². The van der Waals surface area contributed by atoms with Crippen molar-refractivity contribution in [3.63, 3.8) is 0 Å². The zero-order valence-corrected chi connectivity index (χ0v) is 16.3. The van der Waals surface area contributed by atoms with Crippen molar-refractivity contribution < 1.29 is 13.6 Å². The fraction of sp³-hybridized carbons (Fsp3) is 0.0667. The van der Waals surface area contributed by atoms with Gasteiger partial charge < -0.3 is 10.3 Å². The third-order valence-electron chi connectivity index (χ3n) is 3.22. The topological polar surface area (TPSA) is 57.8 Å². The summed E-state index contributed by atoms with van der Waals surface area (Å²) in [6.07, 6.45) is 0. The number of imidazole rings is 1. The molecule has 2 aromatic carbocycles. The molecule has 0 fully saturated rings. The molecule has 11 heteroatoms. The van der Waals surface area contributed by atoms with Crippen LogP contribution in [-0.4, -0.2) is 21.6 Å². The normalized spacial score (nSPS) is 11.2. The van der Waals surface area contributed by atoms with Crippen molar-refractivity contribution in [3.8, 4) is 0 Å². The minimum Gasteiger partial charge on any atom is -0.333 e. The number of aromatic nitrogens is 2. The van der Waals surface area contributed by atoms with Crippen LogP contribution in [0.4, 0.5) is 14.5 Å². The van der Waals surface area contributed by atoms with E-state index in [0.717, 1.165) is 23.9 Å². The van der Waals surface area contributed by atoms with Crippen LogP contribution in [0.1, 0.15) is 0 Å². The molecule has 4 nitrogen and oxygen atoms in total. The Balaban J connectivity index is 1.72. The number of nitrogens with zero attached hydrogens (tertiary/aromatic N) is 1. The van der Waals surface area contributed by atoms with Crippen LogP contribution in [0, 0.1) is 11.6 Å². The molecule has 0 bridgehead atoms. The van der Waals surface area contributed by atoms with E-state index in [1.54, 1.807) is 0 Å². The lowest BCUT2D eigenvalue weighted by Crippen LogP contribution is -2.15.